The average molecular weight is 278 g/mol. The Balaban J connectivity index is 2.61. The number of hydrogen-bond acceptors (Lipinski definition) is 3. The highest BCUT2D eigenvalue weighted by atomic mass is 19.4. The zero-order valence-electron chi connectivity index (χ0n) is 11.5. The largest absolute Gasteiger partial charge is 0.468 e. The number of rotatable bonds is 7. The molecule has 0 spiro atoms. The smallest absolute Gasteiger partial charge is 0.401 e. The summed E-state index contributed by atoms with van der Waals surface area (Å²) >= 11 is 0. The highest BCUT2D eigenvalue weighted by molar-refractivity contribution is 5.12. The summed E-state index contributed by atoms with van der Waals surface area (Å²) in [6.07, 6.45) is -2.60. The normalized spacial score (nSPS) is 12.6. The summed E-state index contributed by atoms with van der Waals surface area (Å²) in [6, 6.07) is 1.61. The highest BCUT2D eigenvalue weighted by Gasteiger charge is 2.32. The molecule has 0 aliphatic heterocycles. The third-order valence-electron chi connectivity index (χ3n) is 2.76. The van der Waals surface area contributed by atoms with Crippen LogP contribution in [-0.2, 0) is 13.1 Å². The van der Waals surface area contributed by atoms with Crippen LogP contribution in [-0.4, -0.2) is 30.2 Å². The SMILES string of the molecule is CCNCc1coc(CN(CC(F)(F)F)C(C)C)c1. The molecule has 1 N–H and O–H groups in total. The quantitative estimate of drug-likeness (QED) is 0.830. The standard InChI is InChI=1S/C13H21F3N2O/c1-4-17-6-11-5-12(19-8-11)7-18(10(2)3)9-13(14,15)16/h5,8,10,17H,4,6-7,9H2,1-3H3. The molecule has 0 aromatic carbocycles. The van der Waals surface area contributed by atoms with Gasteiger partial charge >= 0.3 is 6.18 Å². The third kappa shape index (κ3) is 6.11. The molecule has 0 saturated carbocycles. The molecule has 0 bridgehead atoms. The van der Waals surface area contributed by atoms with E-state index < -0.39 is 12.7 Å². The monoisotopic (exact) mass is 278 g/mol. The molecule has 0 atom stereocenters. The third-order valence-corrected chi connectivity index (χ3v) is 2.76. The summed E-state index contributed by atoms with van der Waals surface area (Å²) in [6.45, 7) is 6.23. The molecule has 19 heavy (non-hydrogen) atoms. The van der Waals surface area contributed by atoms with Gasteiger partial charge in [0, 0.05) is 18.2 Å². The van der Waals surface area contributed by atoms with Crippen LogP contribution in [0.1, 0.15) is 32.1 Å². The van der Waals surface area contributed by atoms with Gasteiger partial charge in [-0.25, -0.2) is 0 Å². The van der Waals surface area contributed by atoms with Crippen molar-refractivity contribution < 1.29 is 17.6 Å². The molecule has 0 fully saturated rings. The van der Waals surface area contributed by atoms with Gasteiger partial charge in [-0.1, -0.05) is 6.92 Å². The van der Waals surface area contributed by atoms with Crippen LogP contribution >= 0.6 is 0 Å². The molecule has 1 heterocycles. The van der Waals surface area contributed by atoms with Gasteiger partial charge in [-0.3, -0.25) is 4.90 Å². The fourth-order valence-electron chi connectivity index (χ4n) is 1.72. The lowest BCUT2D eigenvalue weighted by molar-refractivity contribution is -0.151. The van der Waals surface area contributed by atoms with Crippen LogP contribution in [0.3, 0.4) is 0 Å². The predicted molar refractivity (Wildman–Crippen MR) is 67.7 cm³/mol. The van der Waals surface area contributed by atoms with Crippen molar-refractivity contribution in [3.8, 4) is 0 Å². The number of halogens is 3. The first-order valence-electron chi connectivity index (χ1n) is 6.39. The van der Waals surface area contributed by atoms with E-state index in [-0.39, 0.29) is 12.6 Å². The molecule has 1 aromatic rings. The molecule has 1 aromatic heterocycles. The summed E-state index contributed by atoms with van der Waals surface area (Å²) in [5.41, 5.74) is 0.951. The Morgan fingerprint density at radius 3 is 2.58 bits per heavy atom. The van der Waals surface area contributed by atoms with E-state index >= 15 is 0 Å². The van der Waals surface area contributed by atoms with Gasteiger partial charge in [0.15, 0.2) is 0 Å². The van der Waals surface area contributed by atoms with Crippen LogP contribution < -0.4 is 5.32 Å². The van der Waals surface area contributed by atoms with E-state index in [4.69, 9.17) is 4.42 Å². The van der Waals surface area contributed by atoms with Gasteiger partial charge in [-0.15, -0.1) is 0 Å². The summed E-state index contributed by atoms with van der Waals surface area (Å²) in [5, 5.41) is 3.14. The first-order chi connectivity index (χ1) is 8.81. The minimum Gasteiger partial charge on any atom is -0.468 e. The Bertz CT molecular complexity index is 374. The first-order valence-corrected chi connectivity index (χ1v) is 6.39. The van der Waals surface area contributed by atoms with Gasteiger partial charge in [-0.2, -0.15) is 13.2 Å². The van der Waals surface area contributed by atoms with Crippen molar-refractivity contribution >= 4 is 0 Å². The maximum absolute atomic E-state index is 12.5. The summed E-state index contributed by atoms with van der Waals surface area (Å²) < 4.78 is 42.7. The van der Waals surface area contributed by atoms with Crippen LogP contribution in [0.2, 0.25) is 0 Å². The maximum Gasteiger partial charge on any atom is 0.401 e. The van der Waals surface area contributed by atoms with Gasteiger partial charge < -0.3 is 9.73 Å². The molecule has 0 unspecified atom stereocenters. The van der Waals surface area contributed by atoms with Gasteiger partial charge in [0.05, 0.1) is 19.4 Å². The minimum atomic E-state index is -4.19. The fourth-order valence-corrected chi connectivity index (χ4v) is 1.72. The van der Waals surface area contributed by atoms with Crippen molar-refractivity contribution in [3.05, 3.63) is 23.7 Å². The molecule has 0 saturated heterocycles. The first kappa shape index (κ1) is 16.0. The zero-order valence-corrected chi connectivity index (χ0v) is 11.5. The second-order valence-electron chi connectivity index (χ2n) is 4.82. The molecule has 6 heteroatoms. The second-order valence-corrected chi connectivity index (χ2v) is 4.82. The second kappa shape index (κ2) is 6.96. The molecule has 3 nitrogen and oxygen atoms in total. The molecule has 0 aliphatic carbocycles. The lowest BCUT2D eigenvalue weighted by Gasteiger charge is -2.26. The van der Waals surface area contributed by atoms with E-state index in [1.54, 1.807) is 26.2 Å². The van der Waals surface area contributed by atoms with E-state index in [0.29, 0.717) is 12.3 Å². The molecule has 0 aliphatic rings. The van der Waals surface area contributed by atoms with Crippen molar-refractivity contribution in [2.45, 2.75) is 46.1 Å². The maximum atomic E-state index is 12.5. The van der Waals surface area contributed by atoms with Crippen molar-refractivity contribution in [1.82, 2.24) is 10.2 Å². The van der Waals surface area contributed by atoms with Crippen LogP contribution in [0.15, 0.2) is 16.7 Å². The summed E-state index contributed by atoms with van der Waals surface area (Å²) in [7, 11) is 0. The van der Waals surface area contributed by atoms with Crippen molar-refractivity contribution in [2.75, 3.05) is 13.1 Å². The van der Waals surface area contributed by atoms with Gasteiger partial charge in [0.1, 0.15) is 5.76 Å². The Hall–Kier alpha value is -1.01. The van der Waals surface area contributed by atoms with Crippen LogP contribution in [0.5, 0.6) is 0 Å². The number of alkyl halides is 3. The summed E-state index contributed by atoms with van der Waals surface area (Å²) in [5.74, 6) is 0.561. The number of nitrogens with zero attached hydrogens (tertiary/aromatic N) is 1. The van der Waals surface area contributed by atoms with E-state index in [0.717, 1.165) is 12.1 Å². The molecule has 1 rings (SSSR count). The zero-order chi connectivity index (χ0) is 14.5. The lowest BCUT2D eigenvalue weighted by atomic mass is 10.2. The molecule has 0 amide bonds. The predicted octanol–water partition coefficient (Wildman–Crippen LogP) is 3.16. The Morgan fingerprint density at radius 1 is 1.37 bits per heavy atom. The molecule has 0 radical (unpaired) electrons. The Morgan fingerprint density at radius 2 is 2.05 bits per heavy atom. The van der Waals surface area contributed by atoms with Crippen LogP contribution in [0.4, 0.5) is 13.2 Å². The Kier molecular flexibility index (Phi) is 5.87. The highest BCUT2D eigenvalue weighted by Crippen LogP contribution is 2.20. The molecular weight excluding hydrogens is 257 g/mol. The van der Waals surface area contributed by atoms with E-state index in [1.165, 1.54) is 4.90 Å². The number of nitrogens with one attached hydrogen (secondary N) is 1. The van der Waals surface area contributed by atoms with Crippen LogP contribution in [0.25, 0.3) is 0 Å². The average Bonchev–Trinajstić information content (AvgIpc) is 2.71. The van der Waals surface area contributed by atoms with Gasteiger partial charge in [-0.05, 0) is 26.5 Å². The number of furan rings is 1. The summed E-state index contributed by atoms with van der Waals surface area (Å²) in [4.78, 5) is 1.34. The molecule has 110 valence electrons. The van der Waals surface area contributed by atoms with Crippen LogP contribution in [0, 0.1) is 0 Å². The van der Waals surface area contributed by atoms with E-state index in [1.807, 2.05) is 6.92 Å². The van der Waals surface area contributed by atoms with Crippen molar-refractivity contribution in [1.29, 1.82) is 0 Å². The van der Waals surface area contributed by atoms with Crippen molar-refractivity contribution in [3.63, 3.8) is 0 Å². The van der Waals surface area contributed by atoms with Crippen molar-refractivity contribution in [2.24, 2.45) is 0 Å². The molecular formula is C13H21F3N2O. The van der Waals surface area contributed by atoms with E-state index in [9.17, 15) is 13.2 Å². The van der Waals surface area contributed by atoms with Gasteiger partial charge in [0.25, 0.3) is 0 Å². The number of hydrogen-bond donors (Lipinski definition) is 1. The fraction of sp³-hybridized carbons (Fsp3) is 0.692. The Labute approximate surface area is 111 Å². The minimum absolute atomic E-state index is 0.170. The van der Waals surface area contributed by atoms with E-state index in [2.05, 4.69) is 5.32 Å². The topological polar surface area (TPSA) is 28.4 Å². The lowest BCUT2D eigenvalue weighted by Crippen LogP contribution is -2.38. The van der Waals surface area contributed by atoms with Gasteiger partial charge in [0.2, 0.25) is 0 Å².